The van der Waals surface area contributed by atoms with E-state index < -0.39 is 17.4 Å². The molecule has 3 aromatic rings. The number of hydrogen-bond donors (Lipinski definition) is 0. The van der Waals surface area contributed by atoms with Crippen molar-refractivity contribution in [1.29, 1.82) is 0 Å². The second-order valence-electron chi connectivity index (χ2n) is 11.4. The lowest BCUT2D eigenvalue weighted by Gasteiger charge is -2.36. The average Bonchev–Trinajstić information content (AvgIpc) is 3.42. The van der Waals surface area contributed by atoms with Crippen LogP contribution in [0.1, 0.15) is 51.2 Å². The molecule has 1 fully saturated rings. The summed E-state index contributed by atoms with van der Waals surface area (Å²) in [5.41, 5.74) is 3.18. The highest BCUT2D eigenvalue weighted by Crippen LogP contribution is 2.35. The fourth-order valence-electron chi connectivity index (χ4n) is 5.09. The molecule has 2 amide bonds. The molecule has 3 aromatic carbocycles. The highest BCUT2D eigenvalue weighted by Gasteiger charge is 2.43. The summed E-state index contributed by atoms with van der Waals surface area (Å²) in [6, 6.07) is 26.4. The van der Waals surface area contributed by atoms with E-state index in [9.17, 15) is 14.4 Å². The fraction of sp³-hybridized carbons (Fsp3) is 0.324. The van der Waals surface area contributed by atoms with Crippen LogP contribution in [0.5, 0.6) is 0 Å². The van der Waals surface area contributed by atoms with E-state index in [0.717, 1.165) is 28.9 Å². The molecule has 0 bridgehead atoms. The largest absolute Gasteiger partial charge is 0.330 e. The molecular formula is C34H38N2O3. The normalized spacial score (nSPS) is 16.3. The van der Waals surface area contributed by atoms with E-state index in [2.05, 4.69) is 0 Å². The molecule has 202 valence electrons. The van der Waals surface area contributed by atoms with E-state index in [1.165, 1.54) is 0 Å². The van der Waals surface area contributed by atoms with E-state index in [-0.39, 0.29) is 24.0 Å². The second kappa shape index (κ2) is 12.2. The van der Waals surface area contributed by atoms with Crippen molar-refractivity contribution in [2.75, 3.05) is 11.4 Å². The van der Waals surface area contributed by atoms with Gasteiger partial charge in [0.1, 0.15) is 6.04 Å². The van der Waals surface area contributed by atoms with Gasteiger partial charge in [-0.15, -0.1) is 0 Å². The van der Waals surface area contributed by atoms with Gasteiger partial charge in [0.05, 0.1) is 5.92 Å². The SMILES string of the molecule is Cc1ccc(/C=C/C(=O)C[C@H](C(=O)N2CCC[C@H]2C(=O)N(c2ccccc2)c2ccccc2)C(C)(C)C)cc1. The van der Waals surface area contributed by atoms with E-state index in [4.69, 9.17) is 0 Å². The molecule has 1 aliphatic rings. The molecule has 0 aliphatic carbocycles. The zero-order valence-electron chi connectivity index (χ0n) is 23.3. The molecule has 2 atom stereocenters. The minimum atomic E-state index is -0.582. The van der Waals surface area contributed by atoms with E-state index in [0.29, 0.717) is 13.0 Å². The number of rotatable bonds is 8. The smallest absolute Gasteiger partial charge is 0.254 e. The van der Waals surface area contributed by atoms with Crippen molar-refractivity contribution in [3.63, 3.8) is 0 Å². The Balaban J connectivity index is 1.56. The van der Waals surface area contributed by atoms with Crippen molar-refractivity contribution < 1.29 is 14.4 Å². The summed E-state index contributed by atoms with van der Waals surface area (Å²) in [5, 5.41) is 0. The Morgan fingerprint density at radius 2 is 1.46 bits per heavy atom. The van der Waals surface area contributed by atoms with E-state index in [1.54, 1.807) is 22.0 Å². The number of allylic oxidation sites excluding steroid dienone is 1. The molecule has 0 aromatic heterocycles. The minimum absolute atomic E-state index is 0.0962. The fourth-order valence-corrected chi connectivity index (χ4v) is 5.09. The number of hydrogen-bond acceptors (Lipinski definition) is 3. The molecule has 0 radical (unpaired) electrons. The maximum absolute atomic E-state index is 14.1. The van der Waals surface area contributed by atoms with Crippen LogP contribution in [0.3, 0.4) is 0 Å². The number of benzene rings is 3. The summed E-state index contributed by atoms with van der Waals surface area (Å²) in [6.45, 7) is 8.49. The molecule has 39 heavy (non-hydrogen) atoms. The van der Waals surface area contributed by atoms with Gasteiger partial charge in [-0.05, 0) is 61.1 Å². The predicted molar refractivity (Wildman–Crippen MR) is 158 cm³/mol. The molecule has 5 nitrogen and oxygen atoms in total. The number of nitrogens with zero attached hydrogens (tertiary/aromatic N) is 2. The van der Waals surface area contributed by atoms with Gasteiger partial charge >= 0.3 is 0 Å². The first kappa shape index (κ1) is 28.0. The van der Waals surface area contributed by atoms with Gasteiger partial charge in [-0.3, -0.25) is 19.3 Å². The van der Waals surface area contributed by atoms with Gasteiger partial charge in [-0.25, -0.2) is 0 Å². The van der Waals surface area contributed by atoms with Crippen LogP contribution in [0, 0.1) is 18.3 Å². The minimum Gasteiger partial charge on any atom is -0.330 e. The maximum Gasteiger partial charge on any atom is 0.254 e. The van der Waals surface area contributed by atoms with E-state index >= 15 is 0 Å². The molecule has 0 saturated carbocycles. The molecule has 0 unspecified atom stereocenters. The molecule has 1 saturated heterocycles. The Kier molecular flexibility index (Phi) is 8.80. The van der Waals surface area contributed by atoms with Crippen LogP contribution in [-0.4, -0.2) is 35.1 Å². The molecule has 0 spiro atoms. The monoisotopic (exact) mass is 522 g/mol. The zero-order chi connectivity index (χ0) is 28.0. The summed E-state index contributed by atoms with van der Waals surface area (Å²) in [4.78, 5) is 44.6. The van der Waals surface area contributed by atoms with E-state index in [1.807, 2.05) is 113 Å². The molecular weight excluding hydrogens is 484 g/mol. The lowest BCUT2D eigenvalue weighted by atomic mass is 9.76. The van der Waals surface area contributed by atoms with Crippen LogP contribution in [0.25, 0.3) is 6.08 Å². The van der Waals surface area contributed by atoms with Crippen LogP contribution in [0.15, 0.2) is 91.0 Å². The van der Waals surface area contributed by atoms with Gasteiger partial charge in [0.15, 0.2) is 5.78 Å². The van der Waals surface area contributed by atoms with Crippen LogP contribution < -0.4 is 4.90 Å². The zero-order valence-corrected chi connectivity index (χ0v) is 23.3. The number of carbonyl (C=O) groups is 3. The number of likely N-dealkylation sites (tertiary alicyclic amines) is 1. The third-order valence-electron chi connectivity index (χ3n) is 7.36. The third kappa shape index (κ3) is 6.91. The van der Waals surface area contributed by atoms with Gasteiger partial charge in [0.25, 0.3) is 5.91 Å². The second-order valence-corrected chi connectivity index (χ2v) is 11.4. The molecule has 1 heterocycles. The van der Waals surface area contributed by atoms with Gasteiger partial charge in [-0.1, -0.05) is 93.1 Å². The number of anilines is 2. The first-order chi connectivity index (χ1) is 18.6. The number of para-hydroxylation sites is 2. The first-order valence-electron chi connectivity index (χ1n) is 13.7. The van der Waals surface area contributed by atoms with Crippen molar-refractivity contribution >= 4 is 35.0 Å². The number of amides is 2. The summed E-state index contributed by atoms with van der Waals surface area (Å²) < 4.78 is 0. The summed E-state index contributed by atoms with van der Waals surface area (Å²) in [7, 11) is 0. The van der Waals surface area contributed by atoms with Crippen molar-refractivity contribution in [2.24, 2.45) is 11.3 Å². The highest BCUT2D eigenvalue weighted by molar-refractivity contribution is 6.05. The number of ketones is 1. The van der Waals surface area contributed by atoms with Crippen LogP contribution in [-0.2, 0) is 14.4 Å². The Hall–Kier alpha value is -3.99. The van der Waals surface area contributed by atoms with Gasteiger partial charge in [-0.2, -0.15) is 0 Å². The molecule has 4 rings (SSSR count). The average molecular weight is 523 g/mol. The maximum atomic E-state index is 14.1. The number of aryl methyl sites for hydroxylation is 1. The first-order valence-corrected chi connectivity index (χ1v) is 13.7. The van der Waals surface area contributed by atoms with Crippen molar-refractivity contribution in [3.05, 3.63) is 102 Å². The van der Waals surface area contributed by atoms with Gasteiger partial charge in [0.2, 0.25) is 5.91 Å². The summed E-state index contributed by atoms with van der Waals surface area (Å²) in [5.74, 6) is -0.892. The predicted octanol–water partition coefficient (Wildman–Crippen LogP) is 6.99. The van der Waals surface area contributed by atoms with Crippen LogP contribution in [0.4, 0.5) is 11.4 Å². The van der Waals surface area contributed by atoms with Gasteiger partial charge in [0, 0.05) is 24.3 Å². The Morgan fingerprint density at radius 3 is 2.00 bits per heavy atom. The topological polar surface area (TPSA) is 57.7 Å². The quantitative estimate of drug-likeness (QED) is 0.300. The lowest BCUT2D eigenvalue weighted by Crippen LogP contribution is -2.50. The third-order valence-corrected chi connectivity index (χ3v) is 7.36. The standard InChI is InChI=1S/C34H38N2O3/c1-25-17-19-26(20-18-25)21-22-29(37)24-30(34(2,3)4)32(38)35-23-11-16-31(35)33(39)36(27-12-7-5-8-13-27)28-14-9-6-10-15-28/h5-10,12-15,17-22,30-31H,11,16,23-24H2,1-4H3/b22-21+/t30-,31+/m1/s1. The molecule has 1 aliphatic heterocycles. The summed E-state index contributed by atoms with van der Waals surface area (Å²) >= 11 is 0. The van der Waals surface area contributed by atoms with Crippen LogP contribution in [0.2, 0.25) is 0 Å². The van der Waals surface area contributed by atoms with Crippen molar-refractivity contribution in [1.82, 2.24) is 4.90 Å². The van der Waals surface area contributed by atoms with Gasteiger partial charge < -0.3 is 4.90 Å². The molecule has 5 heteroatoms. The number of carbonyl (C=O) groups excluding carboxylic acids is 3. The van der Waals surface area contributed by atoms with Crippen molar-refractivity contribution in [3.8, 4) is 0 Å². The van der Waals surface area contributed by atoms with Crippen molar-refractivity contribution in [2.45, 2.75) is 53.0 Å². The highest BCUT2D eigenvalue weighted by atomic mass is 16.2. The Morgan fingerprint density at radius 1 is 0.897 bits per heavy atom. The summed E-state index contributed by atoms with van der Waals surface area (Å²) in [6.07, 6.45) is 4.81. The Labute approximate surface area is 232 Å². The molecule has 0 N–H and O–H groups in total. The Bertz CT molecular complexity index is 1270. The lowest BCUT2D eigenvalue weighted by molar-refractivity contribution is -0.145. The van der Waals surface area contributed by atoms with Crippen LogP contribution >= 0.6 is 0 Å².